The van der Waals surface area contributed by atoms with Gasteiger partial charge in [-0.25, -0.2) is 0 Å². The van der Waals surface area contributed by atoms with Crippen molar-refractivity contribution in [3.05, 3.63) is 32.8 Å². The minimum Gasteiger partial charge on any atom is -0.490 e. The van der Waals surface area contributed by atoms with Crippen LogP contribution in [0.3, 0.4) is 0 Å². The van der Waals surface area contributed by atoms with Gasteiger partial charge in [-0.1, -0.05) is 15.9 Å². The van der Waals surface area contributed by atoms with Gasteiger partial charge in [0.15, 0.2) is 0 Å². The molecule has 1 aromatic rings. The lowest BCUT2D eigenvalue weighted by Crippen LogP contribution is -2.38. The molecule has 1 rings (SSSR count). The van der Waals surface area contributed by atoms with Gasteiger partial charge < -0.3 is 10.5 Å². The van der Waals surface area contributed by atoms with Crippen molar-refractivity contribution < 1.29 is 9.66 Å². The second-order valence-corrected chi connectivity index (χ2v) is 5.48. The first kappa shape index (κ1) is 15.4. The molecule has 6 nitrogen and oxygen atoms in total. The molecule has 0 spiro atoms. The van der Waals surface area contributed by atoms with Crippen molar-refractivity contribution >= 4 is 21.6 Å². The second kappa shape index (κ2) is 5.99. The molecule has 1 aromatic carbocycles. The number of nitro groups is 1. The van der Waals surface area contributed by atoms with E-state index in [1.807, 2.05) is 6.07 Å². The predicted octanol–water partition coefficient (Wildman–Crippen LogP) is 2.76. The summed E-state index contributed by atoms with van der Waals surface area (Å²) in [5.41, 5.74) is 4.67. The van der Waals surface area contributed by atoms with Crippen LogP contribution in [-0.4, -0.2) is 16.6 Å². The van der Waals surface area contributed by atoms with Gasteiger partial charge in [0.25, 0.3) is 5.69 Å². The molecule has 0 heterocycles. The maximum absolute atomic E-state index is 10.7. The normalized spacial score (nSPS) is 15.1. The maximum Gasteiger partial charge on any atom is 0.274 e. The minimum atomic E-state index is -0.989. The molecule has 0 aliphatic heterocycles. The highest BCUT2D eigenvalue weighted by Crippen LogP contribution is 2.27. The molecule has 0 amide bonds. The Morgan fingerprint density at radius 1 is 1.63 bits per heavy atom. The molecule has 7 heteroatoms. The fourth-order valence-electron chi connectivity index (χ4n) is 1.64. The molecule has 0 aliphatic rings. The zero-order valence-corrected chi connectivity index (χ0v) is 12.2. The number of rotatable bonds is 5. The summed E-state index contributed by atoms with van der Waals surface area (Å²) >= 11 is 3.18. The lowest BCUT2D eigenvalue weighted by molar-refractivity contribution is -0.385. The van der Waals surface area contributed by atoms with Gasteiger partial charge in [-0.2, -0.15) is 5.26 Å². The third-order valence-corrected chi connectivity index (χ3v) is 2.83. The van der Waals surface area contributed by atoms with Crippen LogP contribution in [0.2, 0.25) is 0 Å². The number of benzene rings is 1. The summed E-state index contributed by atoms with van der Waals surface area (Å²) in [5, 5.41) is 19.6. The number of non-ortho nitro benzene ring substituents is 1. The Balaban J connectivity index is 2.83. The quantitative estimate of drug-likeness (QED) is 0.661. The fourth-order valence-corrected chi connectivity index (χ4v) is 2.10. The zero-order valence-electron chi connectivity index (χ0n) is 10.6. The van der Waals surface area contributed by atoms with Crippen LogP contribution in [0.25, 0.3) is 0 Å². The van der Waals surface area contributed by atoms with Crippen molar-refractivity contribution in [2.24, 2.45) is 5.73 Å². The molecule has 2 N–H and O–H groups in total. The minimum absolute atomic E-state index is 0.0626. The van der Waals surface area contributed by atoms with Crippen LogP contribution in [0.1, 0.15) is 20.3 Å². The fraction of sp³-hybridized carbons (Fsp3) is 0.417. The number of halogens is 1. The van der Waals surface area contributed by atoms with E-state index >= 15 is 0 Å². The van der Waals surface area contributed by atoms with Crippen molar-refractivity contribution in [1.82, 2.24) is 0 Å². The Morgan fingerprint density at radius 3 is 2.79 bits per heavy atom. The summed E-state index contributed by atoms with van der Waals surface area (Å²) in [7, 11) is 0. The smallest absolute Gasteiger partial charge is 0.274 e. The molecule has 0 radical (unpaired) electrons. The van der Waals surface area contributed by atoms with Crippen LogP contribution in [0.15, 0.2) is 22.7 Å². The summed E-state index contributed by atoms with van der Waals surface area (Å²) in [6, 6.07) is 6.33. The van der Waals surface area contributed by atoms with Gasteiger partial charge in [-0.3, -0.25) is 10.1 Å². The van der Waals surface area contributed by atoms with Gasteiger partial charge in [0, 0.05) is 17.0 Å². The van der Waals surface area contributed by atoms with Crippen LogP contribution in [-0.2, 0) is 0 Å². The first-order chi connectivity index (χ1) is 8.73. The van der Waals surface area contributed by atoms with Gasteiger partial charge in [0.05, 0.1) is 23.2 Å². The highest BCUT2D eigenvalue weighted by Gasteiger charge is 2.22. The number of nitriles is 1. The highest BCUT2D eigenvalue weighted by molar-refractivity contribution is 9.10. The number of ether oxygens (including phenoxy) is 1. The van der Waals surface area contributed by atoms with E-state index in [1.165, 1.54) is 12.1 Å². The SMILES string of the molecule is CC(CC(C)(N)C#N)Oc1cc(Br)cc([N+](=O)[O-])c1. The molecule has 19 heavy (non-hydrogen) atoms. The Hall–Kier alpha value is -1.65. The molecule has 0 saturated heterocycles. The number of hydrogen-bond donors (Lipinski definition) is 1. The third-order valence-electron chi connectivity index (χ3n) is 2.37. The number of nitrogens with two attached hydrogens (primary N) is 1. The lowest BCUT2D eigenvalue weighted by atomic mass is 9.98. The molecular weight excluding hydrogens is 314 g/mol. The van der Waals surface area contributed by atoms with Crippen molar-refractivity contribution in [1.29, 1.82) is 5.26 Å². The van der Waals surface area contributed by atoms with E-state index in [2.05, 4.69) is 15.9 Å². The third kappa shape index (κ3) is 4.85. The summed E-state index contributed by atoms with van der Waals surface area (Å²) < 4.78 is 6.11. The monoisotopic (exact) mass is 327 g/mol. The van der Waals surface area contributed by atoms with Crippen molar-refractivity contribution in [2.45, 2.75) is 31.9 Å². The van der Waals surface area contributed by atoms with Gasteiger partial charge in [-0.05, 0) is 19.9 Å². The lowest BCUT2D eigenvalue weighted by Gasteiger charge is -2.21. The van der Waals surface area contributed by atoms with Gasteiger partial charge in [-0.15, -0.1) is 0 Å². The molecule has 2 unspecified atom stereocenters. The molecule has 0 aromatic heterocycles. The number of nitrogens with zero attached hydrogens (tertiary/aromatic N) is 2. The Labute approximate surface area is 119 Å². The predicted molar refractivity (Wildman–Crippen MR) is 73.7 cm³/mol. The van der Waals surface area contributed by atoms with E-state index in [-0.39, 0.29) is 11.8 Å². The number of hydrogen-bond acceptors (Lipinski definition) is 5. The zero-order chi connectivity index (χ0) is 14.6. The van der Waals surface area contributed by atoms with Crippen LogP contribution in [0, 0.1) is 21.4 Å². The molecular formula is C12H14BrN3O3. The molecule has 102 valence electrons. The van der Waals surface area contributed by atoms with Gasteiger partial charge in [0.2, 0.25) is 0 Å². The van der Waals surface area contributed by atoms with Gasteiger partial charge in [0.1, 0.15) is 11.3 Å². The standard InChI is InChI=1S/C12H14BrN3O3/c1-8(6-12(2,15)7-14)19-11-4-9(13)3-10(5-11)16(17)18/h3-5,8H,6,15H2,1-2H3. The van der Waals surface area contributed by atoms with E-state index < -0.39 is 10.5 Å². The number of nitro benzene ring substituents is 1. The van der Waals surface area contributed by atoms with Crippen LogP contribution < -0.4 is 10.5 Å². The molecule has 0 saturated carbocycles. The van der Waals surface area contributed by atoms with E-state index in [0.717, 1.165) is 0 Å². The van der Waals surface area contributed by atoms with Crippen LogP contribution in [0.5, 0.6) is 5.75 Å². The molecule has 0 fully saturated rings. The summed E-state index contributed by atoms with van der Waals surface area (Å²) in [5.74, 6) is 0.363. The van der Waals surface area contributed by atoms with Crippen molar-refractivity contribution in [3.63, 3.8) is 0 Å². The summed E-state index contributed by atoms with van der Waals surface area (Å²) in [6.07, 6.45) is -0.00682. The average Bonchev–Trinajstić information content (AvgIpc) is 2.27. The van der Waals surface area contributed by atoms with Gasteiger partial charge >= 0.3 is 0 Å². The molecule has 0 aliphatic carbocycles. The van der Waals surface area contributed by atoms with E-state index in [1.54, 1.807) is 19.9 Å². The van der Waals surface area contributed by atoms with Crippen molar-refractivity contribution in [2.75, 3.05) is 0 Å². The second-order valence-electron chi connectivity index (χ2n) is 4.56. The maximum atomic E-state index is 10.7. The Bertz CT molecular complexity index is 525. The van der Waals surface area contributed by atoms with Crippen molar-refractivity contribution in [3.8, 4) is 11.8 Å². The van der Waals surface area contributed by atoms with Crippen LogP contribution in [0.4, 0.5) is 5.69 Å². The molecule has 2 atom stereocenters. The first-order valence-electron chi connectivity index (χ1n) is 5.55. The molecule has 0 bridgehead atoms. The summed E-state index contributed by atoms with van der Waals surface area (Å²) in [4.78, 5) is 10.2. The van der Waals surface area contributed by atoms with Crippen LogP contribution >= 0.6 is 15.9 Å². The Morgan fingerprint density at radius 2 is 2.26 bits per heavy atom. The summed E-state index contributed by atoms with van der Waals surface area (Å²) in [6.45, 7) is 3.37. The average molecular weight is 328 g/mol. The highest BCUT2D eigenvalue weighted by atomic mass is 79.9. The Kier molecular flexibility index (Phi) is 4.86. The first-order valence-corrected chi connectivity index (χ1v) is 6.34. The van der Waals surface area contributed by atoms with E-state index in [9.17, 15) is 10.1 Å². The van der Waals surface area contributed by atoms with E-state index in [4.69, 9.17) is 15.7 Å². The largest absolute Gasteiger partial charge is 0.490 e. The van der Waals surface area contributed by atoms with E-state index in [0.29, 0.717) is 16.6 Å². The topological polar surface area (TPSA) is 102 Å².